The first-order valence-electron chi connectivity index (χ1n) is 19.2. The monoisotopic (exact) mass is 717 g/mol. The van der Waals surface area contributed by atoms with Crippen molar-refractivity contribution in [3.8, 4) is 16.8 Å². The molecule has 0 bridgehead atoms. The summed E-state index contributed by atoms with van der Waals surface area (Å²) in [5.41, 5.74) is 13.6. The van der Waals surface area contributed by atoms with Crippen molar-refractivity contribution < 1.29 is 0 Å². The molecule has 0 aliphatic rings. The molecule has 0 aliphatic heterocycles. The summed E-state index contributed by atoms with van der Waals surface area (Å²) in [5.74, 6) is 0. The molecule has 0 radical (unpaired) electrons. The molecule has 0 unspecified atom stereocenters. The summed E-state index contributed by atoms with van der Waals surface area (Å²) in [4.78, 5) is 4.78. The Morgan fingerprint density at radius 2 is 0.946 bits per heavy atom. The number of aromatic nitrogens is 1. The highest BCUT2D eigenvalue weighted by Gasteiger charge is 2.23. The minimum Gasteiger partial charge on any atom is -0.310 e. The smallest absolute Gasteiger partial charge is 0.0562 e. The Kier molecular flexibility index (Phi) is 8.38. The van der Waals surface area contributed by atoms with Crippen molar-refractivity contribution in [1.29, 1.82) is 0 Å². The van der Waals surface area contributed by atoms with Gasteiger partial charge in [-0.3, -0.25) is 0 Å². The summed E-state index contributed by atoms with van der Waals surface area (Å²) in [5, 5.41) is 4.94. The maximum atomic E-state index is 2.45. The highest BCUT2D eigenvalue weighted by Crippen LogP contribution is 2.47. The molecule has 0 amide bonds. The van der Waals surface area contributed by atoms with E-state index in [4.69, 9.17) is 0 Å². The highest BCUT2D eigenvalue weighted by molar-refractivity contribution is 6.12. The van der Waals surface area contributed by atoms with E-state index in [1.54, 1.807) is 0 Å². The van der Waals surface area contributed by atoms with E-state index in [0.29, 0.717) is 0 Å². The third-order valence-corrected chi connectivity index (χ3v) is 10.8. The summed E-state index contributed by atoms with van der Waals surface area (Å²) in [6.07, 6.45) is 0. The first-order chi connectivity index (χ1) is 27.7. The van der Waals surface area contributed by atoms with Gasteiger partial charge < -0.3 is 14.4 Å². The van der Waals surface area contributed by atoms with Gasteiger partial charge in [0.15, 0.2) is 0 Å². The van der Waals surface area contributed by atoms with Gasteiger partial charge in [-0.25, -0.2) is 0 Å². The molecule has 56 heavy (non-hydrogen) atoms. The van der Waals surface area contributed by atoms with Gasteiger partial charge in [0.05, 0.1) is 16.7 Å². The van der Waals surface area contributed by atoms with Crippen molar-refractivity contribution in [2.45, 2.75) is 6.92 Å². The number of rotatable bonds is 8. The van der Waals surface area contributed by atoms with Crippen molar-refractivity contribution in [1.82, 2.24) is 4.57 Å². The molecule has 0 fully saturated rings. The molecule has 3 nitrogen and oxygen atoms in total. The lowest BCUT2D eigenvalue weighted by atomic mass is 9.95. The Morgan fingerprint density at radius 3 is 1.66 bits per heavy atom. The second kappa shape index (κ2) is 14.1. The van der Waals surface area contributed by atoms with Gasteiger partial charge in [0, 0.05) is 50.5 Å². The fourth-order valence-electron chi connectivity index (χ4n) is 8.38. The Balaban J connectivity index is 1.27. The molecule has 9 aromatic carbocycles. The summed E-state index contributed by atoms with van der Waals surface area (Å²) in [7, 11) is 0. The Morgan fingerprint density at radius 1 is 0.375 bits per heavy atom. The number of hydrogen-bond acceptors (Lipinski definition) is 2. The predicted octanol–water partition coefficient (Wildman–Crippen LogP) is 14.9. The van der Waals surface area contributed by atoms with E-state index in [-0.39, 0.29) is 0 Å². The number of nitrogens with zero attached hydrogens (tertiary/aromatic N) is 3. The fraction of sp³-hybridized carbons (Fsp3) is 0.0189. The average Bonchev–Trinajstić information content (AvgIpc) is 3.60. The zero-order valence-corrected chi connectivity index (χ0v) is 31.1. The van der Waals surface area contributed by atoms with Crippen molar-refractivity contribution >= 4 is 66.7 Å². The number of aryl methyl sites for hydroxylation is 1. The summed E-state index contributed by atoms with van der Waals surface area (Å²) < 4.78 is 2.42. The number of hydrogen-bond donors (Lipinski definition) is 0. The summed E-state index contributed by atoms with van der Waals surface area (Å²) in [6.45, 7) is 2.22. The SMILES string of the molecule is Cc1cccc2c1c1ccc(N(c3cccc(N(c4ccccc4)c4ccccc4)c3)c3ccc4ccccc4c3-c3ccccc3)cc1n2-c1ccccc1. The Labute approximate surface area is 327 Å². The quantitative estimate of drug-likeness (QED) is 0.155. The molecule has 0 atom stereocenters. The standard InChI is InChI=1S/C53H39N3/c1-38-18-16-31-49-52(38)48-34-33-46(37-51(48)56(49)43-26-12-5-13-27-43)55(50-35-32-39-19-14-15-30-47(39)53(50)40-20-6-2-7-21-40)45-29-17-28-44(36-45)54(41-22-8-3-9-23-41)42-24-10-4-11-25-42/h2-37H,1H3. The predicted molar refractivity (Wildman–Crippen MR) is 238 cm³/mol. The largest absolute Gasteiger partial charge is 0.310 e. The molecule has 0 spiro atoms. The zero-order chi connectivity index (χ0) is 37.4. The molecule has 1 aromatic heterocycles. The normalized spacial score (nSPS) is 11.3. The maximum absolute atomic E-state index is 2.45. The van der Waals surface area contributed by atoms with Gasteiger partial charge in [0.25, 0.3) is 0 Å². The van der Waals surface area contributed by atoms with Crippen LogP contribution in [0.4, 0.5) is 34.1 Å². The van der Waals surface area contributed by atoms with Gasteiger partial charge in [-0.1, -0.05) is 140 Å². The number of anilines is 6. The van der Waals surface area contributed by atoms with Gasteiger partial charge in [0.1, 0.15) is 0 Å². The van der Waals surface area contributed by atoms with Crippen LogP contribution in [-0.4, -0.2) is 4.57 Å². The van der Waals surface area contributed by atoms with Gasteiger partial charge in [-0.15, -0.1) is 0 Å². The van der Waals surface area contributed by atoms with Crippen LogP contribution in [0, 0.1) is 6.92 Å². The van der Waals surface area contributed by atoms with Crippen LogP contribution >= 0.6 is 0 Å². The van der Waals surface area contributed by atoms with Gasteiger partial charge in [0.2, 0.25) is 0 Å². The molecule has 0 N–H and O–H groups in total. The van der Waals surface area contributed by atoms with Crippen LogP contribution < -0.4 is 9.80 Å². The van der Waals surface area contributed by atoms with Crippen molar-refractivity contribution in [3.05, 3.63) is 224 Å². The molecule has 0 saturated heterocycles. The second-order valence-electron chi connectivity index (χ2n) is 14.3. The molecule has 10 rings (SSSR count). The van der Waals surface area contributed by atoms with Crippen molar-refractivity contribution in [3.63, 3.8) is 0 Å². The molecule has 266 valence electrons. The van der Waals surface area contributed by atoms with Crippen LogP contribution in [0.2, 0.25) is 0 Å². The Bertz CT molecular complexity index is 2930. The minimum atomic E-state index is 1.06. The number of benzene rings is 9. The van der Waals surface area contributed by atoms with Crippen LogP contribution in [0.5, 0.6) is 0 Å². The summed E-state index contributed by atoms with van der Waals surface area (Å²) >= 11 is 0. The number of para-hydroxylation sites is 3. The van der Waals surface area contributed by atoms with Crippen molar-refractivity contribution in [2.75, 3.05) is 9.80 Å². The average molecular weight is 718 g/mol. The zero-order valence-electron chi connectivity index (χ0n) is 31.1. The van der Waals surface area contributed by atoms with Crippen LogP contribution in [-0.2, 0) is 0 Å². The first kappa shape index (κ1) is 33.2. The lowest BCUT2D eigenvalue weighted by molar-refractivity contribution is 1.18. The molecule has 0 saturated carbocycles. The van der Waals surface area contributed by atoms with E-state index in [1.165, 1.54) is 43.8 Å². The van der Waals surface area contributed by atoms with Crippen LogP contribution in [0.1, 0.15) is 5.56 Å². The highest BCUT2D eigenvalue weighted by atomic mass is 15.2. The Hall–Kier alpha value is -7.36. The van der Waals surface area contributed by atoms with Crippen LogP contribution in [0.15, 0.2) is 218 Å². The molecule has 3 heteroatoms. The first-order valence-corrected chi connectivity index (χ1v) is 19.2. The maximum Gasteiger partial charge on any atom is 0.0562 e. The lowest BCUT2D eigenvalue weighted by Gasteiger charge is -2.31. The van der Waals surface area contributed by atoms with E-state index in [2.05, 4.69) is 240 Å². The molecular formula is C53H39N3. The van der Waals surface area contributed by atoms with E-state index < -0.39 is 0 Å². The van der Waals surface area contributed by atoms with E-state index in [9.17, 15) is 0 Å². The second-order valence-corrected chi connectivity index (χ2v) is 14.3. The third kappa shape index (κ3) is 5.78. The summed E-state index contributed by atoms with van der Waals surface area (Å²) in [6, 6.07) is 78.7. The topological polar surface area (TPSA) is 11.4 Å². The van der Waals surface area contributed by atoms with E-state index in [0.717, 1.165) is 45.3 Å². The molecule has 10 aromatic rings. The van der Waals surface area contributed by atoms with E-state index in [1.807, 2.05) is 0 Å². The number of fused-ring (bicyclic) bond motifs is 4. The third-order valence-electron chi connectivity index (χ3n) is 10.8. The van der Waals surface area contributed by atoms with Crippen LogP contribution in [0.3, 0.4) is 0 Å². The molecule has 1 heterocycles. The minimum absolute atomic E-state index is 1.06. The molecular weight excluding hydrogens is 679 g/mol. The van der Waals surface area contributed by atoms with Crippen LogP contribution in [0.25, 0.3) is 49.4 Å². The van der Waals surface area contributed by atoms with E-state index >= 15 is 0 Å². The molecule has 0 aliphatic carbocycles. The van der Waals surface area contributed by atoms with Crippen molar-refractivity contribution in [2.24, 2.45) is 0 Å². The van der Waals surface area contributed by atoms with Gasteiger partial charge >= 0.3 is 0 Å². The fourth-order valence-corrected chi connectivity index (χ4v) is 8.38. The lowest BCUT2D eigenvalue weighted by Crippen LogP contribution is -2.14. The van der Waals surface area contributed by atoms with Gasteiger partial charge in [-0.05, 0) is 108 Å². The van der Waals surface area contributed by atoms with Gasteiger partial charge in [-0.2, -0.15) is 0 Å².